The Bertz CT molecular complexity index is 1110. The van der Waals surface area contributed by atoms with Crippen LogP contribution in [0.3, 0.4) is 0 Å². The number of benzene rings is 1. The van der Waals surface area contributed by atoms with E-state index in [0.29, 0.717) is 29.5 Å². The lowest BCUT2D eigenvalue weighted by molar-refractivity contribution is 0.0622. The highest BCUT2D eigenvalue weighted by Gasteiger charge is 2.29. The number of carbonyl (C=O) groups is 1. The number of piperazine rings is 1. The monoisotopic (exact) mass is 445 g/mol. The molecule has 31 heavy (non-hydrogen) atoms. The van der Waals surface area contributed by atoms with Crippen LogP contribution in [0, 0.1) is 0 Å². The third-order valence-electron chi connectivity index (χ3n) is 5.89. The number of halogens is 3. The predicted molar refractivity (Wildman–Crippen MR) is 113 cm³/mol. The van der Waals surface area contributed by atoms with Crippen molar-refractivity contribution in [3.8, 4) is 0 Å². The van der Waals surface area contributed by atoms with E-state index < -0.39 is 6.43 Å². The molecular weight excluding hydrogens is 424 g/mol. The van der Waals surface area contributed by atoms with Crippen LogP contribution in [-0.4, -0.2) is 56.5 Å². The summed E-state index contributed by atoms with van der Waals surface area (Å²) in [5.41, 5.74) is 2.09. The average Bonchev–Trinajstić information content (AvgIpc) is 3.53. The molecule has 0 spiro atoms. The first-order chi connectivity index (χ1) is 15.0. The van der Waals surface area contributed by atoms with Crippen molar-refractivity contribution in [1.29, 1.82) is 0 Å². The SMILES string of the molecule is O=C(c1cc2nc(C3CC3)cc(C(F)F)n2n1)N1CCN(Cc2ccc(Cl)cc2)CC1. The van der Waals surface area contributed by atoms with Crippen LogP contribution < -0.4 is 0 Å². The zero-order valence-electron chi connectivity index (χ0n) is 16.8. The number of rotatable bonds is 5. The Morgan fingerprint density at radius 3 is 2.45 bits per heavy atom. The molecule has 6 nitrogen and oxygen atoms in total. The molecule has 1 amide bonds. The molecule has 0 atom stereocenters. The number of nitrogens with zero attached hydrogens (tertiary/aromatic N) is 5. The van der Waals surface area contributed by atoms with Crippen LogP contribution in [0.5, 0.6) is 0 Å². The van der Waals surface area contributed by atoms with Crippen LogP contribution in [0.25, 0.3) is 5.65 Å². The molecule has 0 bridgehead atoms. The van der Waals surface area contributed by atoms with E-state index >= 15 is 0 Å². The Kier molecular flexibility index (Phi) is 5.35. The number of alkyl halides is 2. The van der Waals surface area contributed by atoms with Gasteiger partial charge in [-0.1, -0.05) is 23.7 Å². The molecular formula is C22H22ClF2N5O. The van der Waals surface area contributed by atoms with E-state index in [1.807, 2.05) is 24.3 Å². The van der Waals surface area contributed by atoms with Gasteiger partial charge in [-0.3, -0.25) is 9.69 Å². The van der Waals surface area contributed by atoms with Crippen molar-refractivity contribution in [2.45, 2.75) is 31.7 Å². The van der Waals surface area contributed by atoms with Gasteiger partial charge >= 0.3 is 0 Å². The summed E-state index contributed by atoms with van der Waals surface area (Å²) in [5.74, 6) is -0.00454. The Hall–Kier alpha value is -2.58. The number of aromatic nitrogens is 3. The van der Waals surface area contributed by atoms with Gasteiger partial charge in [0.1, 0.15) is 5.69 Å². The highest BCUT2D eigenvalue weighted by atomic mass is 35.5. The van der Waals surface area contributed by atoms with E-state index in [2.05, 4.69) is 15.0 Å². The second kappa shape index (κ2) is 8.16. The highest BCUT2D eigenvalue weighted by molar-refractivity contribution is 6.30. The molecule has 1 saturated carbocycles. The van der Waals surface area contributed by atoms with E-state index in [1.165, 1.54) is 17.7 Å². The normalized spacial score (nSPS) is 17.6. The second-order valence-corrected chi connectivity index (χ2v) is 8.61. The Balaban J connectivity index is 1.29. The standard InChI is InChI=1S/C22H22ClF2N5O/c23-16-5-1-14(2-6-16)13-28-7-9-29(10-8-28)22(31)18-12-20-26-17(15-3-4-15)11-19(21(24)25)30(20)27-18/h1-2,5-6,11-12,15,21H,3-4,7-10,13H2. The van der Waals surface area contributed by atoms with Gasteiger partial charge in [-0.05, 0) is 36.6 Å². The molecule has 162 valence electrons. The maximum atomic E-state index is 13.6. The van der Waals surface area contributed by atoms with Gasteiger partial charge in [-0.15, -0.1) is 0 Å². The molecule has 9 heteroatoms. The minimum absolute atomic E-state index is 0.161. The van der Waals surface area contributed by atoms with Gasteiger partial charge in [0, 0.05) is 55.4 Å². The van der Waals surface area contributed by atoms with Gasteiger partial charge in [0.05, 0.1) is 0 Å². The van der Waals surface area contributed by atoms with Gasteiger partial charge in [-0.25, -0.2) is 18.3 Å². The lowest BCUT2D eigenvalue weighted by atomic mass is 10.2. The number of amides is 1. The quantitative estimate of drug-likeness (QED) is 0.592. The molecule has 1 aliphatic carbocycles. The van der Waals surface area contributed by atoms with Crippen molar-refractivity contribution in [2.24, 2.45) is 0 Å². The Morgan fingerprint density at radius 1 is 1.10 bits per heavy atom. The van der Waals surface area contributed by atoms with Crippen molar-refractivity contribution < 1.29 is 13.6 Å². The zero-order chi connectivity index (χ0) is 21.5. The molecule has 1 aromatic carbocycles. The first kappa shape index (κ1) is 20.3. The molecule has 2 aromatic heterocycles. The van der Waals surface area contributed by atoms with Crippen LogP contribution in [0.1, 0.15) is 52.6 Å². The average molecular weight is 446 g/mol. The number of carbonyl (C=O) groups excluding carboxylic acids is 1. The fourth-order valence-electron chi connectivity index (χ4n) is 3.99. The van der Waals surface area contributed by atoms with E-state index in [4.69, 9.17) is 11.6 Å². The van der Waals surface area contributed by atoms with Crippen LogP contribution in [0.15, 0.2) is 36.4 Å². The predicted octanol–water partition coefficient (Wildman–Crippen LogP) is 4.16. The topological polar surface area (TPSA) is 53.7 Å². The fourth-order valence-corrected chi connectivity index (χ4v) is 4.11. The van der Waals surface area contributed by atoms with Crippen molar-refractivity contribution in [3.05, 3.63) is 64.1 Å². The molecule has 0 unspecified atom stereocenters. The van der Waals surface area contributed by atoms with Gasteiger partial charge in [0.25, 0.3) is 12.3 Å². The number of fused-ring (bicyclic) bond motifs is 1. The van der Waals surface area contributed by atoms with Crippen LogP contribution in [0.2, 0.25) is 5.02 Å². The Labute approximate surface area is 183 Å². The van der Waals surface area contributed by atoms with E-state index in [1.54, 1.807) is 4.90 Å². The van der Waals surface area contributed by atoms with Crippen molar-refractivity contribution in [2.75, 3.05) is 26.2 Å². The third kappa shape index (κ3) is 4.27. The van der Waals surface area contributed by atoms with Gasteiger partial charge in [-0.2, -0.15) is 5.10 Å². The van der Waals surface area contributed by atoms with Crippen LogP contribution in [0.4, 0.5) is 8.78 Å². The number of hydrogen-bond donors (Lipinski definition) is 0. The lowest BCUT2D eigenvalue weighted by Gasteiger charge is -2.34. The highest BCUT2D eigenvalue weighted by Crippen LogP contribution is 2.40. The van der Waals surface area contributed by atoms with Crippen LogP contribution >= 0.6 is 11.6 Å². The first-order valence-electron chi connectivity index (χ1n) is 10.4. The van der Waals surface area contributed by atoms with Gasteiger partial charge in [0.2, 0.25) is 0 Å². The summed E-state index contributed by atoms with van der Waals surface area (Å²) in [4.78, 5) is 21.5. The van der Waals surface area contributed by atoms with E-state index in [9.17, 15) is 13.6 Å². The molecule has 1 saturated heterocycles. The molecule has 0 N–H and O–H groups in total. The van der Waals surface area contributed by atoms with E-state index in [0.717, 1.165) is 37.0 Å². The minimum Gasteiger partial charge on any atom is -0.335 e. The number of hydrogen-bond acceptors (Lipinski definition) is 4. The lowest BCUT2D eigenvalue weighted by Crippen LogP contribution is -2.48. The van der Waals surface area contributed by atoms with Crippen molar-refractivity contribution in [1.82, 2.24) is 24.4 Å². The largest absolute Gasteiger partial charge is 0.335 e. The summed E-state index contributed by atoms with van der Waals surface area (Å²) >= 11 is 5.94. The summed E-state index contributed by atoms with van der Waals surface area (Å²) in [7, 11) is 0. The summed E-state index contributed by atoms with van der Waals surface area (Å²) < 4.78 is 28.3. The molecule has 2 fully saturated rings. The summed E-state index contributed by atoms with van der Waals surface area (Å²) in [6.45, 7) is 3.37. The molecule has 0 radical (unpaired) electrons. The maximum absolute atomic E-state index is 13.6. The maximum Gasteiger partial charge on any atom is 0.280 e. The zero-order valence-corrected chi connectivity index (χ0v) is 17.6. The fraction of sp³-hybridized carbons (Fsp3) is 0.409. The van der Waals surface area contributed by atoms with Crippen molar-refractivity contribution in [3.63, 3.8) is 0 Å². The second-order valence-electron chi connectivity index (χ2n) is 8.18. The molecule has 3 aromatic rings. The smallest absolute Gasteiger partial charge is 0.280 e. The summed E-state index contributed by atoms with van der Waals surface area (Å²) in [5, 5.41) is 4.89. The summed E-state index contributed by atoms with van der Waals surface area (Å²) in [6, 6.07) is 10.7. The molecule has 2 aliphatic rings. The third-order valence-corrected chi connectivity index (χ3v) is 6.14. The van der Waals surface area contributed by atoms with E-state index in [-0.39, 0.29) is 23.2 Å². The first-order valence-corrected chi connectivity index (χ1v) is 10.8. The summed E-state index contributed by atoms with van der Waals surface area (Å²) in [6.07, 6.45) is -0.750. The van der Waals surface area contributed by atoms with Gasteiger partial charge in [0.15, 0.2) is 11.3 Å². The van der Waals surface area contributed by atoms with Crippen LogP contribution in [-0.2, 0) is 6.54 Å². The molecule has 1 aliphatic heterocycles. The molecule has 5 rings (SSSR count). The minimum atomic E-state index is -2.68. The molecule has 3 heterocycles. The van der Waals surface area contributed by atoms with Gasteiger partial charge < -0.3 is 4.90 Å². The Morgan fingerprint density at radius 2 is 1.81 bits per heavy atom. The van der Waals surface area contributed by atoms with Crippen molar-refractivity contribution >= 4 is 23.2 Å².